The van der Waals surface area contributed by atoms with Gasteiger partial charge in [-0.1, -0.05) is 6.92 Å². The highest BCUT2D eigenvalue weighted by atomic mass is 32.1. The number of rotatable bonds is 5. The monoisotopic (exact) mass is 306 g/mol. The van der Waals surface area contributed by atoms with E-state index in [0.717, 1.165) is 30.8 Å². The van der Waals surface area contributed by atoms with Gasteiger partial charge in [0.25, 0.3) is 5.91 Å². The molecule has 0 bridgehead atoms. The molecule has 21 heavy (non-hydrogen) atoms. The van der Waals surface area contributed by atoms with E-state index >= 15 is 0 Å². The molecular weight excluding hydrogens is 288 g/mol. The van der Waals surface area contributed by atoms with Gasteiger partial charge in [0.1, 0.15) is 5.56 Å². The molecule has 0 saturated carbocycles. The van der Waals surface area contributed by atoms with Crippen LogP contribution in [0, 0.1) is 0 Å². The Bertz CT molecular complexity index is 635. The highest BCUT2D eigenvalue weighted by molar-refractivity contribution is 7.11. The number of nitrogens with one attached hydrogen (secondary N) is 1. The minimum Gasteiger partial charge on any atom is -0.477 e. The van der Waals surface area contributed by atoms with E-state index in [2.05, 4.69) is 22.3 Å². The van der Waals surface area contributed by atoms with E-state index in [0.29, 0.717) is 24.6 Å². The van der Waals surface area contributed by atoms with Crippen molar-refractivity contribution >= 4 is 17.2 Å². The lowest BCUT2D eigenvalue weighted by atomic mass is 10.3. The van der Waals surface area contributed by atoms with Crippen LogP contribution >= 0.6 is 11.3 Å². The Morgan fingerprint density at radius 2 is 2.43 bits per heavy atom. The predicted octanol–water partition coefficient (Wildman–Crippen LogP) is 1.66. The molecule has 7 heteroatoms. The molecular formula is C14H18N4O2S. The Hall–Kier alpha value is -1.89. The van der Waals surface area contributed by atoms with Crippen LogP contribution in [0.3, 0.4) is 0 Å². The second-order valence-electron chi connectivity index (χ2n) is 4.87. The van der Waals surface area contributed by atoms with Gasteiger partial charge in [0, 0.05) is 37.0 Å². The maximum Gasteiger partial charge on any atom is 0.258 e. The molecule has 1 aliphatic rings. The first-order valence-corrected chi connectivity index (χ1v) is 8.00. The summed E-state index contributed by atoms with van der Waals surface area (Å²) in [5.41, 5.74) is 0.517. The van der Waals surface area contributed by atoms with E-state index in [9.17, 15) is 4.79 Å². The fourth-order valence-corrected chi connectivity index (χ4v) is 3.09. The van der Waals surface area contributed by atoms with Gasteiger partial charge < -0.3 is 10.1 Å². The maximum atomic E-state index is 12.2. The van der Waals surface area contributed by atoms with Crippen molar-refractivity contribution in [3.05, 3.63) is 27.8 Å². The Labute approximate surface area is 127 Å². The maximum absolute atomic E-state index is 12.2. The molecule has 3 heterocycles. The summed E-state index contributed by atoms with van der Waals surface area (Å²) in [4.78, 5) is 17.8. The van der Waals surface area contributed by atoms with Gasteiger partial charge in [0.05, 0.1) is 17.8 Å². The molecule has 6 nitrogen and oxygen atoms in total. The lowest BCUT2D eigenvalue weighted by Crippen LogP contribution is -2.26. The van der Waals surface area contributed by atoms with Gasteiger partial charge in [-0.15, -0.1) is 11.3 Å². The zero-order valence-corrected chi connectivity index (χ0v) is 12.8. The molecule has 0 saturated heterocycles. The number of fused-ring (bicyclic) bond motifs is 1. The van der Waals surface area contributed by atoms with Gasteiger partial charge in [-0.25, -0.2) is 9.67 Å². The third kappa shape index (κ3) is 3.07. The zero-order chi connectivity index (χ0) is 14.7. The smallest absolute Gasteiger partial charge is 0.258 e. The molecule has 1 amide bonds. The van der Waals surface area contributed by atoms with Gasteiger partial charge in [-0.2, -0.15) is 5.10 Å². The van der Waals surface area contributed by atoms with Crippen LogP contribution in [0.1, 0.15) is 33.6 Å². The summed E-state index contributed by atoms with van der Waals surface area (Å²) in [5.74, 6) is 0.451. The van der Waals surface area contributed by atoms with Crippen LogP contribution in [0.15, 0.2) is 12.4 Å². The molecule has 1 aliphatic heterocycles. The van der Waals surface area contributed by atoms with Crippen LogP contribution in [0.4, 0.5) is 0 Å². The van der Waals surface area contributed by atoms with Gasteiger partial charge >= 0.3 is 0 Å². The van der Waals surface area contributed by atoms with Crippen molar-refractivity contribution in [3.8, 4) is 5.88 Å². The number of amides is 1. The molecule has 2 aromatic rings. The number of aromatic nitrogens is 3. The van der Waals surface area contributed by atoms with E-state index in [1.54, 1.807) is 22.2 Å². The predicted molar refractivity (Wildman–Crippen MR) is 79.9 cm³/mol. The van der Waals surface area contributed by atoms with E-state index < -0.39 is 0 Å². The molecule has 0 atom stereocenters. The highest BCUT2D eigenvalue weighted by Crippen LogP contribution is 2.22. The molecule has 0 unspecified atom stereocenters. The van der Waals surface area contributed by atoms with Crippen molar-refractivity contribution in [2.45, 2.75) is 32.7 Å². The summed E-state index contributed by atoms with van der Waals surface area (Å²) in [7, 11) is 0. The molecule has 0 aromatic carbocycles. The molecule has 0 aliphatic carbocycles. The summed E-state index contributed by atoms with van der Waals surface area (Å²) in [6.07, 6.45) is 6.17. The first kappa shape index (κ1) is 14.1. The lowest BCUT2D eigenvalue weighted by molar-refractivity contribution is 0.0947. The largest absolute Gasteiger partial charge is 0.477 e. The van der Waals surface area contributed by atoms with E-state index in [1.807, 2.05) is 6.20 Å². The molecule has 2 aromatic heterocycles. The Balaban J connectivity index is 1.55. The normalized spacial score (nSPS) is 13.6. The molecule has 3 rings (SSSR count). The molecule has 1 N–H and O–H groups in total. The quantitative estimate of drug-likeness (QED) is 0.912. The van der Waals surface area contributed by atoms with E-state index in [1.165, 1.54) is 4.88 Å². The van der Waals surface area contributed by atoms with Gasteiger partial charge in [0.2, 0.25) is 5.88 Å². The standard InChI is InChI=1S/C14H18N4O2S/c1-2-10-8-16-12(21-10)4-5-15-13(19)11-9-17-18-6-3-7-20-14(11)18/h8-9H,2-7H2,1H3,(H,15,19). The topological polar surface area (TPSA) is 69.0 Å². The van der Waals surface area contributed by atoms with E-state index in [4.69, 9.17) is 4.74 Å². The summed E-state index contributed by atoms with van der Waals surface area (Å²) >= 11 is 1.70. The summed E-state index contributed by atoms with van der Waals surface area (Å²) in [5, 5.41) is 8.14. The minimum atomic E-state index is -0.134. The van der Waals surface area contributed by atoms with Crippen LogP contribution in [-0.2, 0) is 19.4 Å². The van der Waals surface area contributed by atoms with Gasteiger partial charge in [0.15, 0.2) is 0 Å². The van der Waals surface area contributed by atoms with Crippen molar-refractivity contribution in [1.82, 2.24) is 20.1 Å². The summed E-state index contributed by atoms with van der Waals surface area (Å²) < 4.78 is 7.27. The van der Waals surface area contributed by atoms with Crippen LogP contribution in [0.25, 0.3) is 0 Å². The SMILES string of the molecule is CCc1cnc(CCNC(=O)c2cnn3c2OCCC3)s1. The number of carbonyl (C=O) groups excluding carboxylic acids is 1. The Kier molecular flexibility index (Phi) is 4.19. The molecule has 112 valence electrons. The number of hydrogen-bond acceptors (Lipinski definition) is 5. The molecule has 0 spiro atoms. The number of aryl methyl sites for hydroxylation is 2. The third-order valence-corrected chi connectivity index (χ3v) is 4.56. The van der Waals surface area contributed by atoms with Gasteiger partial charge in [-0.05, 0) is 6.42 Å². The lowest BCUT2D eigenvalue weighted by Gasteiger charge is -2.15. The van der Waals surface area contributed by atoms with Crippen LogP contribution in [0.2, 0.25) is 0 Å². The van der Waals surface area contributed by atoms with Gasteiger partial charge in [-0.3, -0.25) is 4.79 Å². The third-order valence-electron chi connectivity index (χ3n) is 3.36. The van der Waals surface area contributed by atoms with Crippen molar-refractivity contribution < 1.29 is 9.53 Å². The van der Waals surface area contributed by atoms with E-state index in [-0.39, 0.29) is 5.91 Å². The van der Waals surface area contributed by atoms with Crippen molar-refractivity contribution in [2.75, 3.05) is 13.2 Å². The van der Waals surface area contributed by atoms with Crippen molar-refractivity contribution in [3.63, 3.8) is 0 Å². The average molecular weight is 306 g/mol. The summed E-state index contributed by atoms with van der Waals surface area (Å²) in [6, 6.07) is 0. The number of hydrogen-bond donors (Lipinski definition) is 1. The summed E-state index contributed by atoms with van der Waals surface area (Å²) in [6.45, 7) is 4.13. The van der Waals surface area contributed by atoms with Crippen LogP contribution < -0.4 is 10.1 Å². The number of carbonyl (C=O) groups is 1. The number of ether oxygens (including phenoxy) is 1. The molecule has 0 fully saturated rings. The number of thiazole rings is 1. The zero-order valence-electron chi connectivity index (χ0n) is 12.0. The second kappa shape index (κ2) is 6.26. The highest BCUT2D eigenvalue weighted by Gasteiger charge is 2.21. The first-order chi connectivity index (χ1) is 10.3. The van der Waals surface area contributed by atoms with Crippen LogP contribution in [0.5, 0.6) is 5.88 Å². The van der Waals surface area contributed by atoms with Crippen LogP contribution in [-0.4, -0.2) is 33.8 Å². The number of nitrogens with zero attached hydrogens (tertiary/aromatic N) is 3. The second-order valence-corrected chi connectivity index (χ2v) is 6.07. The Morgan fingerprint density at radius 1 is 1.52 bits per heavy atom. The van der Waals surface area contributed by atoms with Crippen molar-refractivity contribution in [1.29, 1.82) is 0 Å². The first-order valence-electron chi connectivity index (χ1n) is 7.18. The van der Waals surface area contributed by atoms with Crippen molar-refractivity contribution in [2.24, 2.45) is 0 Å². The fourth-order valence-electron chi connectivity index (χ4n) is 2.23. The average Bonchev–Trinajstić information content (AvgIpc) is 3.13. The minimum absolute atomic E-state index is 0.134. The fraction of sp³-hybridized carbons (Fsp3) is 0.500. The Morgan fingerprint density at radius 3 is 3.24 bits per heavy atom. The molecule has 0 radical (unpaired) electrons.